The van der Waals surface area contributed by atoms with Gasteiger partial charge in [0.15, 0.2) is 0 Å². The molecule has 18 heavy (non-hydrogen) atoms. The molecule has 0 aliphatic rings. The molecular formula is C11H9ClF3NS2. The molecule has 2 rings (SSSR count). The van der Waals surface area contributed by atoms with Crippen LogP contribution in [-0.2, 0) is 0 Å². The summed E-state index contributed by atoms with van der Waals surface area (Å²) in [6, 6.07) is 6.62. The van der Waals surface area contributed by atoms with Crippen molar-refractivity contribution in [1.29, 1.82) is 0 Å². The van der Waals surface area contributed by atoms with Gasteiger partial charge in [0.05, 0.1) is 16.9 Å². The summed E-state index contributed by atoms with van der Waals surface area (Å²) in [6.45, 7) is -1.02. The molecule has 0 spiro atoms. The highest BCUT2D eigenvalue weighted by Crippen LogP contribution is 2.33. The van der Waals surface area contributed by atoms with Crippen LogP contribution < -0.4 is 5.32 Å². The van der Waals surface area contributed by atoms with Crippen molar-refractivity contribution >= 4 is 34.3 Å². The summed E-state index contributed by atoms with van der Waals surface area (Å²) < 4.78 is 37.5. The Hall–Kier alpha value is -0.560. The second-order valence-corrected chi connectivity index (χ2v) is 6.31. The summed E-state index contributed by atoms with van der Waals surface area (Å²) in [6.07, 6.45) is -4.23. The Morgan fingerprint density at radius 3 is 2.50 bits per heavy atom. The molecule has 0 radical (unpaired) electrons. The van der Waals surface area contributed by atoms with E-state index in [0.717, 1.165) is 9.75 Å². The third kappa shape index (κ3) is 3.71. The minimum Gasteiger partial charge on any atom is -0.297 e. The van der Waals surface area contributed by atoms with E-state index in [1.165, 1.54) is 22.7 Å². The Morgan fingerprint density at radius 2 is 2.00 bits per heavy atom. The zero-order valence-corrected chi connectivity index (χ0v) is 11.4. The molecule has 1 nitrogen and oxygen atoms in total. The van der Waals surface area contributed by atoms with E-state index in [1.54, 1.807) is 12.1 Å². The number of nitrogens with one attached hydrogen (secondary N) is 1. The fourth-order valence-electron chi connectivity index (χ4n) is 1.50. The van der Waals surface area contributed by atoms with E-state index in [9.17, 15) is 13.2 Å². The van der Waals surface area contributed by atoms with Gasteiger partial charge in [-0.05, 0) is 23.6 Å². The number of hydrogen-bond donors (Lipinski definition) is 1. The van der Waals surface area contributed by atoms with Crippen molar-refractivity contribution in [2.45, 2.75) is 12.2 Å². The number of hydrogen-bond acceptors (Lipinski definition) is 3. The molecule has 2 aromatic heterocycles. The molecule has 1 unspecified atom stereocenters. The van der Waals surface area contributed by atoms with Crippen molar-refractivity contribution in [3.8, 4) is 0 Å². The predicted molar refractivity (Wildman–Crippen MR) is 69.5 cm³/mol. The van der Waals surface area contributed by atoms with Crippen LogP contribution in [0, 0.1) is 0 Å². The van der Waals surface area contributed by atoms with Gasteiger partial charge in [-0.15, -0.1) is 22.7 Å². The lowest BCUT2D eigenvalue weighted by molar-refractivity contribution is -0.125. The van der Waals surface area contributed by atoms with Crippen LogP contribution in [0.2, 0.25) is 4.34 Å². The zero-order valence-electron chi connectivity index (χ0n) is 9.00. The van der Waals surface area contributed by atoms with Gasteiger partial charge in [-0.1, -0.05) is 17.7 Å². The molecule has 0 bridgehead atoms. The van der Waals surface area contributed by atoms with Crippen LogP contribution in [0.4, 0.5) is 13.2 Å². The zero-order chi connectivity index (χ0) is 13.2. The topological polar surface area (TPSA) is 12.0 Å². The van der Waals surface area contributed by atoms with Gasteiger partial charge < -0.3 is 0 Å². The Balaban J connectivity index is 2.19. The van der Waals surface area contributed by atoms with Gasteiger partial charge in [0, 0.05) is 9.75 Å². The first kappa shape index (κ1) is 13.9. The van der Waals surface area contributed by atoms with Crippen molar-refractivity contribution in [2.75, 3.05) is 6.54 Å². The van der Waals surface area contributed by atoms with E-state index >= 15 is 0 Å². The van der Waals surface area contributed by atoms with E-state index in [0.29, 0.717) is 4.34 Å². The summed E-state index contributed by atoms with van der Waals surface area (Å²) in [4.78, 5) is 1.63. The number of rotatable bonds is 4. The standard InChI is InChI=1S/C11H9ClF3NS2/c12-9-4-3-8(18-9)10(7-2-1-5-17-7)16-6-11(13,14)15/h1-5,10,16H,6H2. The number of halogens is 4. The van der Waals surface area contributed by atoms with Crippen LogP contribution in [0.1, 0.15) is 15.8 Å². The van der Waals surface area contributed by atoms with Crippen molar-refractivity contribution in [3.63, 3.8) is 0 Å². The van der Waals surface area contributed by atoms with E-state index < -0.39 is 18.8 Å². The van der Waals surface area contributed by atoms with Crippen LogP contribution in [0.3, 0.4) is 0 Å². The molecule has 0 aromatic carbocycles. The highest BCUT2D eigenvalue weighted by molar-refractivity contribution is 7.16. The van der Waals surface area contributed by atoms with Crippen LogP contribution >= 0.6 is 34.3 Å². The molecule has 0 aliphatic carbocycles. The Bertz CT molecular complexity index is 493. The van der Waals surface area contributed by atoms with Gasteiger partial charge in [-0.2, -0.15) is 13.2 Å². The van der Waals surface area contributed by atoms with Gasteiger partial charge in [-0.3, -0.25) is 5.32 Å². The van der Waals surface area contributed by atoms with Gasteiger partial charge in [0.1, 0.15) is 0 Å². The maximum absolute atomic E-state index is 12.3. The molecule has 7 heteroatoms. The van der Waals surface area contributed by atoms with Crippen molar-refractivity contribution in [3.05, 3.63) is 43.7 Å². The maximum Gasteiger partial charge on any atom is 0.401 e. The van der Waals surface area contributed by atoms with Crippen molar-refractivity contribution in [1.82, 2.24) is 5.32 Å². The van der Waals surface area contributed by atoms with E-state index in [2.05, 4.69) is 5.32 Å². The molecule has 2 aromatic rings. The summed E-state index contributed by atoms with van der Waals surface area (Å²) in [5.74, 6) is 0. The molecule has 0 saturated carbocycles. The fourth-order valence-corrected chi connectivity index (χ4v) is 3.55. The summed E-state index contributed by atoms with van der Waals surface area (Å²) >= 11 is 8.53. The first-order valence-corrected chi connectivity index (χ1v) is 7.12. The third-order valence-electron chi connectivity index (χ3n) is 2.21. The van der Waals surface area contributed by atoms with Gasteiger partial charge >= 0.3 is 6.18 Å². The maximum atomic E-state index is 12.3. The molecular weight excluding hydrogens is 303 g/mol. The van der Waals surface area contributed by atoms with E-state index in [-0.39, 0.29) is 0 Å². The first-order valence-electron chi connectivity index (χ1n) is 5.04. The molecule has 0 amide bonds. The minimum atomic E-state index is -4.23. The molecule has 2 heterocycles. The van der Waals surface area contributed by atoms with Gasteiger partial charge in [0.25, 0.3) is 0 Å². The van der Waals surface area contributed by atoms with Crippen molar-refractivity contribution < 1.29 is 13.2 Å². The van der Waals surface area contributed by atoms with Crippen LogP contribution in [0.5, 0.6) is 0 Å². The monoisotopic (exact) mass is 311 g/mol. The Labute approximate surface area is 115 Å². The average Bonchev–Trinajstić information content (AvgIpc) is 2.89. The Morgan fingerprint density at radius 1 is 1.22 bits per heavy atom. The van der Waals surface area contributed by atoms with Crippen LogP contribution in [0.15, 0.2) is 29.6 Å². The minimum absolute atomic E-state index is 0.455. The lowest BCUT2D eigenvalue weighted by atomic mass is 10.2. The largest absolute Gasteiger partial charge is 0.401 e. The first-order chi connectivity index (χ1) is 8.46. The summed E-state index contributed by atoms with van der Waals surface area (Å²) in [5.41, 5.74) is 0. The number of alkyl halides is 3. The predicted octanol–water partition coefficient (Wildman–Crippen LogP) is 4.70. The molecule has 0 saturated heterocycles. The van der Waals surface area contributed by atoms with E-state index in [4.69, 9.17) is 11.6 Å². The molecule has 98 valence electrons. The number of thiophene rings is 2. The highest BCUT2D eigenvalue weighted by atomic mass is 35.5. The van der Waals surface area contributed by atoms with Crippen LogP contribution in [-0.4, -0.2) is 12.7 Å². The van der Waals surface area contributed by atoms with Gasteiger partial charge in [-0.25, -0.2) is 0 Å². The smallest absolute Gasteiger partial charge is 0.297 e. The molecule has 0 aliphatic heterocycles. The third-order valence-corrected chi connectivity index (χ3v) is 4.45. The fraction of sp³-hybridized carbons (Fsp3) is 0.273. The summed E-state index contributed by atoms with van der Waals surface area (Å²) in [5, 5.41) is 4.37. The second kappa shape index (κ2) is 5.61. The lowest BCUT2D eigenvalue weighted by Gasteiger charge is -2.17. The average molecular weight is 312 g/mol. The normalized spacial score (nSPS) is 13.8. The molecule has 1 atom stereocenters. The highest BCUT2D eigenvalue weighted by Gasteiger charge is 2.29. The lowest BCUT2D eigenvalue weighted by Crippen LogP contribution is -2.31. The quantitative estimate of drug-likeness (QED) is 0.862. The SMILES string of the molecule is FC(F)(F)CNC(c1cccs1)c1ccc(Cl)s1. The van der Waals surface area contributed by atoms with Crippen molar-refractivity contribution in [2.24, 2.45) is 0 Å². The second-order valence-electron chi connectivity index (χ2n) is 3.59. The Kier molecular flexibility index (Phi) is 4.32. The molecule has 0 fully saturated rings. The molecule has 1 N–H and O–H groups in total. The summed E-state index contributed by atoms with van der Waals surface area (Å²) in [7, 11) is 0. The van der Waals surface area contributed by atoms with Crippen LogP contribution in [0.25, 0.3) is 0 Å². The van der Waals surface area contributed by atoms with E-state index in [1.807, 2.05) is 17.5 Å². The van der Waals surface area contributed by atoms with Gasteiger partial charge in [0.2, 0.25) is 0 Å².